The normalized spacial score (nSPS) is 15.3. The number of esters is 1. The molecule has 0 amide bonds. The highest BCUT2D eigenvalue weighted by Crippen LogP contribution is 2.03. The summed E-state index contributed by atoms with van der Waals surface area (Å²) in [6.45, 7) is 4.50. The summed E-state index contributed by atoms with van der Waals surface area (Å²) in [7, 11) is 0. The summed E-state index contributed by atoms with van der Waals surface area (Å²) in [6, 6.07) is 0. The first-order valence-electron chi connectivity index (χ1n) is 3.40. The molecule has 11 heavy (non-hydrogen) atoms. The molecule has 0 rings (SSSR count). The van der Waals surface area contributed by atoms with Crippen molar-refractivity contribution in [2.24, 2.45) is 5.73 Å². The van der Waals surface area contributed by atoms with E-state index in [0.717, 1.165) is 0 Å². The second kappa shape index (κ2) is 3.48. The largest absolute Gasteiger partial charge is 0.464 e. The Morgan fingerprint density at radius 1 is 1.55 bits per heavy atom. The Morgan fingerprint density at radius 3 is 2.27 bits per heavy atom. The molecule has 4 heteroatoms. The Bertz CT molecular complexity index is 175. The summed E-state index contributed by atoms with van der Waals surface area (Å²) in [5, 5.41) is 0. The zero-order valence-electron chi connectivity index (χ0n) is 7.01. The summed E-state index contributed by atoms with van der Waals surface area (Å²) in [6.07, 6.45) is 0. The standard InChI is InChI=1S/C7H13NO3/c1-4-11-6(10)7(3,8)5(2)9/h4,8H2,1-3H3/t7-/m0/s1. The molecule has 1 atom stereocenters. The van der Waals surface area contributed by atoms with Crippen molar-refractivity contribution in [1.82, 2.24) is 0 Å². The van der Waals surface area contributed by atoms with Crippen molar-refractivity contribution in [3.8, 4) is 0 Å². The first-order valence-corrected chi connectivity index (χ1v) is 3.40. The lowest BCUT2D eigenvalue weighted by Gasteiger charge is -2.17. The summed E-state index contributed by atoms with van der Waals surface area (Å²) in [5.41, 5.74) is 3.87. The van der Waals surface area contributed by atoms with Gasteiger partial charge in [-0.15, -0.1) is 0 Å². The van der Waals surface area contributed by atoms with Gasteiger partial charge >= 0.3 is 5.97 Å². The highest BCUT2D eigenvalue weighted by molar-refractivity contribution is 6.06. The van der Waals surface area contributed by atoms with Gasteiger partial charge < -0.3 is 10.5 Å². The van der Waals surface area contributed by atoms with Crippen LogP contribution < -0.4 is 5.73 Å². The molecule has 0 radical (unpaired) electrons. The van der Waals surface area contributed by atoms with Gasteiger partial charge in [0.15, 0.2) is 11.3 Å². The minimum atomic E-state index is -1.49. The van der Waals surface area contributed by atoms with Crippen LogP contribution in [0.5, 0.6) is 0 Å². The summed E-state index contributed by atoms with van der Waals surface area (Å²) in [4.78, 5) is 21.7. The van der Waals surface area contributed by atoms with Crippen molar-refractivity contribution < 1.29 is 14.3 Å². The van der Waals surface area contributed by atoms with Crippen LogP contribution in [-0.2, 0) is 14.3 Å². The van der Waals surface area contributed by atoms with E-state index in [1.165, 1.54) is 13.8 Å². The third-order valence-corrected chi connectivity index (χ3v) is 1.43. The van der Waals surface area contributed by atoms with Crippen LogP contribution in [-0.4, -0.2) is 23.9 Å². The second-order valence-corrected chi connectivity index (χ2v) is 2.48. The van der Waals surface area contributed by atoms with Crippen LogP contribution >= 0.6 is 0 Å². The number of hydrogen-bond donors (Lipinski definition) is 1. The maximum Gasteiger partial charge on any atom is 0.333 e. The molecule has 0 bridgehead atoms. The van der Waals surface area contributed by atoms with E-state index in [1.807, 2.05) is 0 Å². The lowest BCUT2D eigenvalue weighted by molar-refractivity contribution is -0.152. The molecular weight excluding hydrogens is 146 g/mol. The molecule has 64 valence electrons. The topological polar surface area (TPSA) is 69.4 Å². The van der Waals surface area contributed by atoms with Crippen molar-refractivity contribution in [3.05, 3.63) is 0 Å². The fourth-order valence-electron chi connectivity index (χ4n) is 0.425. The van der Waals surface area contributed by atoms with E-state index in [4.69, 9.17) is 5.73 Å². The third-order valence-electron chi connectivity index (χ3n) is 1.43. The minimum Gasteiger partial charge on any atom is -0.464 e. The Balaban J connectivity index is 4.30. The summed E-state index contributed by atoms with van der Waals surface area (Å²) >= 11 is 0. The van der Waals surface area contributed by atoms with E-state index < -0.39 is 17.3 Å². The fraction of sp³-hybridized carbons (Fsp3) is 0.714. The van der Waals surface area contributed by atoms with Crippen molar-refractivity contribution in [1.29, 1.82) is 0 Å². The molecule has 0 unspecified atom stereocenters. The van der Waals surface area contributed by atoms with Crippen LogP contribution in [0, 0.1) is 0 Å². The highest BCUT2D eigenvalue weighted by atomic mass is 16.5. The van der Waals surface area contributed by atoms with Crippen LogP contribution in [0.2, 0.25) is 0 Å². The van der Waals surface area contributed by atoms with Crippen LogP contribution in [0.15, 0.2) is 0 Å². The van der Waals surface area contributed by atoms with Gasteiger partial charge in [-0.25, -0.2) is 4.79 Å². The molecule has 0 heterocycles. The fourth-order valence-corrected chi connectivity index (χ4v) is 0.425. The summed E-state index contributed by atoms with van der Waals surface area (Å²) < 4.78 is 4.58. The average Bonchev–Trinajstić information content (AvgIpc) is 1.88. The molecule has 0 aromatic carbocycles. The van der Waals surface area contributed by atoms with Gasteiger partial charge in [0.1, 0.15) is 0 Å². The predicted octanol–water partition coefficient (Wildman–Crippen LogP) is -0.144. The lowest BCUT2D eigenvalue weighted by atomic mass is 10.00. The van der Waals surface area contributed by atoms with Crippen molar-refractivity contribution >= 4 is 11.8 Å². The molecule has 0 saturated carbocycles. The molecule has 0 aliphatic rings. The average molecular weight is 159 g/mol. The van der Waals surface area contributed by atoms with Crippen molar-refractivity contribution in [2.45, 2.75) is 26.3 Å². The number of Topliss-reactive ketones (excluding diaryl/α,β-unsaturated/α-hetero) is 1. The monoisotopic (exact) mass is 159 g/mol. The Hall–Kier alpha value is -0.900. The zero-order valence-corrected chi connectivity index (χ0v) is 7.01. The molecule has 0 aliphatic carbocycles. The van der Waals surface area contributed by atoms with Gasteiger partial charge in [-0.1, -0.05) is 0 Å². The first kappa shape index (κ1) is 10.1. The molecule has 0 spiro atoms. The maximum absolute atomic E-state index is 10.9. The van der Waals surface area contributed by atoms with Crippen LogP contribution in [0.1, 0.15) is 20.8 Å². The van der Waals surface area contributed by atoms with E-state index in [1.54, 1.807) is 6.92 Å². The Morgan fingerprint density at radius 2 is 2.00 bits per heavy atom. The van der Waals surface area contributed by atoms with Crippen molar-refractivity contribution in [3.63, 3.8) is 0 Å². The van der Waals surface area contributed by atoms with E-state index in [9.17, 15) is 9.59 Å². The number of nitrogens with two attached hydrogens (primary N) is 1. The molecule has 0 aromatic heterocycles. The van der Waals surface area contributed by atoms with Gasteiger partial charge in [0, 0.05) is 0 Å². The number of ketones is 1. The van der Waals surface area contributed by atoms with Gasteiger partial charge in [0.05, 0.1) is 6.61 Å². The molecular formula is C7H13NO3. The molecule has 0 aliphatic heterocycles. The van der Waals surface area contributed by atoms with Gasteiger partial charge in [-0.3, -0.25) is 4.79 Å². The molecule has 0 aromatic rings. The predicted molar refractivity (Wildman–Crippen MR) is 39.9 cm³/mol. The SMILES string of the molecule is CCOC(=O)[C@@](C)(N)C(C)=O. The van der Waals surface area contributed by atoms with Gasteiger partial charge in [-0.05, 0) is 20.8 Å². The van der Waals surface area contributed by atoms with E-state index in [2.05, 4.69) is 4.74 Å². The molecule has 4 nitrogen and oxygen atoms in total. The van der Waals surface area contributed by atoms with Crippen LogP contribution in [0.4, 0.5) is 0 Å². The van der Waals surface area contributed by atoms with Gasteiger partial charge in [0.25, 0.3) is 0 Å². The minimum absolute atomic E-state index is 0.235. The number of carbonyl (C=O) groups is 2. The van der Waals surface area contributed by atoms with Crippen LogP contribution in [0.25, 0.3) is 0 Å². The Kier molecular flexibility index (Phi) is 3.19. The first-order chi connectivity index (χ1) is 4.92. The Labute approximate surface area is 65.7 Å². The van der Waals surface area contributed by atoms with E-state index in [0.29, 0.717) is 0 Å². The zero-order chi connectivity index (χ0) is 9.07. The smallest absolute Gasteiger partial charge is 0.333 e. The second-order valence-electron chi connectivity index (χ2n) is 2.48. The van der Waals surface area contributed by atoms with Crippen LogP contribution in [0.3, 0.4) is 0 Å². The summed E-state index contributed by atoms with van der Waals surface area (Å²) in [5.74, 6) is -1.07. The van der Waals surface area contributed by atoms with E-state index in [-0.39, 0.29) is 6.61 Å². The number of rotatable bonds is 3. The maximum atomic E-state index is 10.9. The lowest BCUT2D eigenvalue weighted by Crippen LogP contribution is -2.52. The number of hydrogen-bond acceptors (Lipinski definition) is 4. The highest BCUT2D eigenvalue weighted by Gasteiger charge is 2.34. The third kappa shape index (κ3) is 2.31. The molecule has 2 N–H and O–H groups in total. The number of ether oxygens (including phenoxy) is 1. The van der Waals surface area contributed by atoms with Gasteiger partial charge in [-0.2, -0.15) is 0 Å². The molecule has 0 saturated heterocycles. The van der Waals surface area contributed by atoms with Crippen molar-refractivity contribution in [2.75, 3.05) is 6.61 Å². The number of carbonyl (C=O) groups excluding carboxylic acids is 2. The quantitative estimate of drug-likeness (QED) is 0.459. The van der Waals surface area contributed by atoms with E-state index >= 15 is 0 Å². The van der Waals surface area contributed by atoms with Gasteiger partial charge in [0.2, 0.25) is 0 Å². The molecule has 0 fully saturated rings.